The van der Waals surface area contributed by atoms with E-state index in [1.165, 1.54) is 0 Å². The molecule has 1 radical (unpaired) electrons. The lowest BCUT2D eigenvalue weighted by atomic mass is 10.0. The van der Waals surface area contributed by atoms with E-state index in [1.807, 2.05) is 19.9 Å². The van der Waals surface area contributed by atoms with Gasteiger partial charge in [0.25, 0.3) is 0 Å². The number of rotatable bonds is 4. The first-order valence-electron chi connectivity index (χ1n) is 5.32. The van der Waals surface area contributed by atoms with Crippen LogP contribution in [0, 0.1) is 11.7 Å². The molecule has 0 aliphatic heterocycles. The Labute approximate surface area is 91.7 Å². The van der Waals surface area contributed by atoms with Crippen molar-refractivity contribution in [3.63, 3.8) is 0 Å². The van der Waals surface area contributed by atoms with Crippen LogP contribution in [0.15, 0.2) is 18.2 Å². The molecular weight excluding hydrogens is 189 g/mol. The summed E-state index contributed by atoms with van der Waals surface area (Å²) in [4.78, 5) is 0. The molecule has 0 unspecified atom stereocenters. The molecule has 83 valence electrons. The molecule has 1 rings (SSSR count). The molecule has 0 saturated heterocycles. The van der Waals surface area contributed by atoms with Crippen LogP contribution in [-0.4, -0.2) is 6.04 Å². The second-order valence-corrected chi connectivity index (χ2v) is 4.38. The topological polar surface area (TPSA) is 12.0 Å². The van der Waals surface area contributed by atoms with Gasteiger partial charge in [-0.1, -0.05) is 33.8 Å². The smallest absolute Gasteiger partial charge is 0.123 e. The molecular formula is C13H19FN. The zero-order valence-electron chi connectivity index (χ0n) is 9.89. The molecule has 0 aromatic heterocycles. The molecule has 1 aromatic carbocycles. The number of hydrogen-bond acceptors (Lipinski definition) is 1. The third-order valence-corrected chi connectivity index (χ3v) is 2.25. The lowest BCUT2D eigenvalue weighted by Crippen LogP contribution is -2.22. The normalized spacial score (nSPS) is 11.4. The molecule has 0 fully saturated rings. The Balaban J connectivity index is 2.79. The predicted molar refractivity (Wildman–Crippen MR) is 62.1 cm³/mol. The zero-order valence-corrected chi connectivity index (χ0v) is 9.89. The van der Waals surface area contributed by atoms with Crippen LogP contribution in [0.1, 0.15) is 38.8 Å². The highest BCUT2D eigenvalue weighted by atomic mass is 19.1. The van der Waals surface area contributed by atoms with Gasteiger partial charge in [-0.05, 0) is 29.2 Å². The van der Waals surface area contributed by atoms with Gasteiger partial charge in [-0.2, -0.15) is 0 Å². The Morgan fingerprint density at radius 1 is 1.27 bits per heavy atom. The lowest BCUT2D eigenvalue weighted by molar-refractivity contribution is 0.581. The van der Waals surface area contributed by atoms with Crippen LogP contribution in [-0.2, 0) is 6.54 Å². The second kappa shape index (κ2) is 5.26. The van der Waals surface area contributed by atoms with Crippen molar-refractivity contribution in [3.05, 3.63) is 41.1 Å². The zero-order chi connectivity index (χ0) is 11.4. The quantitative estimate of drug-likeness (QED) is 0.800. The maximum atomic E-state index is 13.3. The summed E-state index contributed by atoms with van der Waals surface area (Å²) in [5.74, 6) is 0.981. The fourth-order valence-corrected chi connectivity index (χ4v) is 1.36. The fraction of sp³-hybridized carbons (Fsp3) is 0.462. The van der Waals surface area contributed by atoms with Crippen molar-refractivity contribution in [2.24, 2.45) is 0 Å². The first kappa shape index (κ1) is 12.2. The summed E-state index contributed by atoms with van der Waals surface area (Å²) in [6.45, 7) is 8.87. The second-order valence-electron chi connectivity index (χ2n) is 4.38. The van der Waals surface area contributed by atoms with Crippen LogP contribution in [0.3, 0.4) is 0 Å². The first-order chi connectivity index (χ1) is 6.99. The van der Waals surface area contributed by atoms with Gasteiger partial charge in [0.05, 0.1) is 0 Å². The monoisotopic (exact) mass is 208 g/mol. The van der Waals surface area contributed by atoms with Crippen molar-refractivity contribution in [3.8, 4) is 0 Å². The van der Waals surface area contributed by atoms with Crippen LogP contribution < -0.4 is 5.32 Å². The van der Waals surface area contributed by atoms with Gasteiger partial charge in [0, 0.05) is 12.6 Å². The van der Waals surface area contributed by atoms with E-state index in [1.54, 1.807) is 12.1 Å². The minimum Gasteiger partial charge on any atom is -0.310 e. The number of nitrogens with one attached hydrogen (secondary N) is 1. The van der Waals surface area contributed by atoms with E-state index in [4.69, 9.17) is 0 Å². The molecule has 0 aliphatic rings. The molecule has 1 N–H and O–H groups in total. The van der Waals surface area contributed by atoms with Gasteiger partial charge in [-0.25, -0.2) is 4.39 Å². The van der Waals surface area contributed by atoms with E-state index >= 15 is 0 Å². The van der Waals surface area contributed by atoms with Crippen molar-refractivity contribution in [2.45, 2.75) is 40.3 Å². The maximum absolute atomic E-state index is 13.3. The maximum Gasteiger partial charge on any atom is 0.123 e. The molecule has 0 atom stereocenters. The molecule has 0 amide bonds. The first-order valence-corrected chi connectivity index (χ1v) is 5.32. The summed E-state index contributed by atoms with van der Waals surface area (Å²) >= 11 is 0. The minimum absolute atomic E-state index is 0.158. The summed E-state index contributed by atoms with van der Waals surface area (Å²) in [7, 11) is 0. The van der Waals surface area contributed by atoms with Crippen LogP contribution in [0.2, 0.25) is 0 Å². The third kappa shape index (κ3) is 4.00. The Bertz CT molecular complexity index is 318. The van der Waals surface area contributed by atoms with E-state index in [9.17, 15) is 4.39 Å². The molecule has 0 bridgehead atoms. The summed E-state index contributed by atoms with van der Waals surface area (Å²) in [5.41, 5.74) is 1.98. The van der Waals surface area contributed by atoms with Crippen LogP contribution in [0.4, 0.5) is 4.39 Å². The Kier molecular flexibility index (Phi) is 4.28. The van der Waals surface area contributed by atoms with E-state index in [-0.39, 0.29) is 5.82 Å². The van der Waals surface area contributed by atoms with Gasteiger partial charge in [-0.15, -0.1) is 0 Å². The van der Waals surface area contributed by atoms with Gasteiger partial charge in [0.1, 0.15) is 5.82 Å². The van der Waals surface area contributed by atoms with Crippen molar-refractivity contribution in [1.82, 2.24) is 5.32 Å². The van der Waals surface area contributed by atoms with Crippen molar-refractivity contribution in [1.29, 1.82) is 0 Å². The summed E-state index contributed by atoms with van der Waals surface area (Å²) in [6, 6.07) is 5.62. The fourth-order valence-electron chi connectivity index (χ4n) is 1.36. The number of benzene rings is 1. The lowest BCUT2D eigenvalue weighted by Gasteiger charge is -2.11. The molecule has 2 heteroatoms. The molecule has 0 aliphatic carbocycles. The molecule has 15 heavy (non-hydrogen) atoms. The van der Waals surface area contributed by atoms with E-state index < -0.39 is 0 Å². The number of hydrogen-bond donors (Lipinski definition) is 1. The highest BCUT2D eigenvalue weighted by molar-refractivity contribution is 5.33. The predicted octanol–water partition coefficient (Wildman–Crippen LogP) is 3.29. The van der Waals surface area contributed by atoms with Crippen molar-refractivity contribution in [2.75, 3.05) is 0 Å². The number of halogens is 1. The summed E-state index contributed by atoms with van der Waals surface area (Å²) in [6.07, 6.45) is 0. The average molecular weight is 208 g/mol. The molecule has 1 nitrogen and oxygen atoms in total. The van der Waals surface area contributed by atoms with Crippen LogP contribution in [0.5, 0.6) is 0 Å². The SMILES string of the molecule is C[C](C)c1cc(F)cc(CNC(C)C)c1. The minimum atomic E-state index is -0.158. The molecule has 0 spiro atoms. The highest BCUT2D eigenvalue weighted by Gasteiger charge is 2.05. The Hall–Kier alpha value is -0.890. The third-order valence-electron chi connectivity index (χ3n) is 2.25. The van der Waals surface area contributed by atoms with Gasteiger partial charge >= 0.3 is 0 Å². The van der Waals surface area contributed by atoms with Gasteiger partial charge in [0.15, 0.2) is 0 Å². The van der Waals surface area contributed by atoms with Crippen LogP contribution >= 0.6 is 0 Å². The van der Waals surface area contributed by atoms with Gasteiger partial charge < -0.3 is 5.32 Å². The average Bonchev–Trinajstić information content (AvgIpc) is 2.13. The molecule has 0 saturated carbocycles. The van der Waals surface area contributed by atoms with E-state index in [2.05, 4.69) is 19.2 Å². The Morgan fingerprint density at radius 3 is 2.47 bits per heavy atom. The summed E-state index contributed by atoms with van der Waals surface area (Å²) in [5, 5.41) is 3.28. The largest absolute Gasteiger partial charge is 0.310 e. The van der Waals surface area contributed by atoms with Crippen molar-refractivity contribution < 1.29 is 4.39 Å². The van der Waals surface area contributed by atoms with E-state index in [0.717, 1.165) is 23.6 Å². The Morgan fingerprint density at radius 2 is 1.93 bits per heavy atom. The summed E-state index contributed by atoms with van der Waals surface area (Å²) < 4.78 is 13.3. The molecule has 0 heterocycles. The highest BCUT2D eigenvalue weighted by Crippen LogP contribution is 2.17. The van der Waals surface area contributed by atoms with Crippen molar-refractivity contribution >= 4 is 0 Å². The standard InChI is InChI=1S/C13H19FN/c1-9(2)12-5-11(6-13(14)7-12)8-15-10(3)4/h5-7,10,15H,8H2,1-4H3. The molecule has 1 aromatic rings. The van der Waals surface area contributed by atoms with Gasteiger partial charge in [-0.3, -0.25) is 0 Å². The van der Waals surface area contributed by atoms with Crippen LogP contribution in [0.25, 0.3) is 0 Å². The van der Waals surface area contributed by atoms with Gasteiger partial charge in [0.2, 0.25) is 0 Å². The van der Waals surface area contributed by atoms with E-state index in [0.29, 0.717) is 6.04 Å².